The van der Waals surface area contributed by atoms with Gasteiger partial charge in [-0.25, -0.2) is 4.99 Å². The first kappa shape index (κ1) is 19.5. The fourth-order valence-corrected chi connectivity index (χ4v) is 2.65. The van der Waals surface area contributed by atoms with Crippen molar-refractivity contribution in [1.29, 1.82) is 0 Å². The van der Waals surface area contributed by atoms with E-state index in [9.17, 15) is 0 Å². The lowest BCUT2D eigenvalue weighted by atomic mass is 10.3. The number of aryl methyl sites for hydroxylation is 1. The van der Waals surface area contributed by atoms with Crippen LogP contribution in [0.2, 0.25) is 0 Å². The third kappa shape index (κ3) is 6.19. The first-order valence-corrected chi connectivity index (χ1v) is 9.40. The van der Waals surface area contributed by atoms with Crippen molar-refractivity contribution < 1.29 is 9.15 Å². The molecule has 0 aliphatic heterocycles. The maximum atomic E-state index is 5.69. The minimum Gasteiger partial charge on any atom is -0.491 e. The minimum atomic E-state index is 0.152. The van der Waals surface area contributed by atoms with Crippen molar-refractivity contribution in [3.05, 3.63) is 66.4 Å². The van der Waals surface area contributed by atoms with Crippen LogP contribution in [0.5, 0.6) is 5.75 Å². The summed E-state index contributed by atoms with van der Waals surface area (Å²) in [6, 6.07) is 11.7. The van der Waals surface area contributed by atoms with Crippen molar-refractivity contribution in [1.82, 2.24) is 15.1 Å². The van der Waals surface area contributed by atoms with Gasteiger partial charge < -0.3 is 19.8 Å². The summed E-state index contributed by atoms with van der Waals surface area (Å²) < 4.78 is 12.9. The third-order valence-electron chi connectivity index (χ3n) is 3.91. The Morgan fingerprint density at radius 3 is 2.71 bits per heavy atom. The number of guanidine groups is 1. The van der Waals surface area contributed by atoms with Crippen molar-refractivity contribution >= 4 is 11.6 Å². The summed E-state index contributed by atoms with van der Waals surface area (Å²) in [6.45, 7) is 5.27. The molecule has 0 radical (unpaired) electrons. The number of nitrogens with one attached hydrogen (secondary N) is 2. The Morgan fingerprint density at radius 2 is 2.07 bits per heavy atom. The average molecular weight is 381 g/mol. The molecule has 28 heavy (non-hydrogen) atoms. The molecule has 2 N–H and O–H groups in total. The molecule has 3 aromatic rings. The van der Waals surface area contributed by atoms with Crippen LogP contribution in [0.15, 0.2) is 64.5 Å². The summed E-state index contributed by atoms with van der Waals surface area (Å²) in [6.07, 6.45) is 6.40. The predicted octanol–water partition coefficient (Wildman–Crippen LogP) is 3.60. The molecule has 0 unspecified atom stereocenters. The number of hydrogen-bond donors (Lipinski definition) is 2. The maximum Gasteiger partial charge on any atom is 0.196 e. The molecule has 0 amide bonds. The molecule has 0 bridgehead atoms. The molecule has 2 heterocycles. The number of nitrogens with zero attached hydrogens (tertiary/aromatic N) is 3. The minimum absolute atomic E-state index is 0.152. The van der Waals surface area contributed by atoms with Crippen LogP contribution in [0.4, 0.5) is 5.69 Å². The molecule has 0 spiro atoms. The third-order valence-corrected chi connectivity index (χ3v) is 3.91. The van der Waals surface area contributed by atoms with E-state index in [1.54, 1.807) is 10.9 Å². The van der Waals surface area contributed by atoms with Crippen LogP contribution >= 0.6 is 0 Å². The first-order valence-electron chi connectivity index (χ1n) is 9.40. The van der Waals surface area contributed by atoms with Gasteiger partial charge in [-0.05, 0) is 50.2 Å². The van der Waals surface area contributed by atoms with Gasteiger partial charge in [-0.3, -0.25) is 4.68 Å². The van der Waals surface area contributed by atoms with Gasteiger partial charge in [-0.1, -0.05) is 0 Å². The highest BCUT2D eigenvalue weighted by Crippen LogP contribution is 2.17. The molecule has 0 saturated heterocycles. The number of aromatic nitrogens is 2. The molecule has 1 aromatic carbocycles. The van der Waals surface area contributed by atoms with E-state index < -0.39 is 0 Å². The largest absolute Gasteiger partial charge is 0.491 e. The van der Waals surface area contributed by atoms with Crippen LogP contribution in [0.1, 0.15) is 25.2 Å². The number of hydrogen-bond acceptors (Lipinski definition) is 4. The van der Waals surface area contributed by atoms with Gasteiger partial charge in [0.1, 0.15) is 11.5 Å². The Morgan fingerprint density at radius 1 is 1.25 bits per heavy atom. The van der Waals surface area contributed by atoms with Gasteiger partial charge in [0, 0.05) is 37.5 Å². The predicted molar refractivity (Wildman–Crippen MR) is 111 cm³/mol. The van der Waals surface area contributed by atoms with Crippen LogP contribution in [-0.2, 0) is 20.0 Å². The molecular weight excluding hydrogens is 354 g/mol. The Labute approximate surface area is 165 Å². The number of aliphatic imine (C=N–C) groups is 1. The maximum absolute atomic E-state index is 5.69. The highest BCUT2D eigenvalue weighted by molar-refractivity contribution is 5.93. The van der Waals surface area contributed by atoms with Crippen molar-refractivity contribution in [3.8, 4) is 5.75 Å². The lowest BCUT2D eigenvalue weighted by Gasteiger charge is -2.14. The zero-order chi connectivity index (χ0) is 19.8. The molecule has 3 rings (SSSR count). The fourth-order valence-electron chi connectivity index (χ4n) is 2.65. The molecule has 2 aromatic heterocycles. The lowest BCUT2D eigenvalue weighted by Crippen LogP contribution is -2.32. The van der Waals surface area contributed by atoms with Crippen LogP contribution < -0.4 is 15.4 Å². The first-order chi connectivity index (χ1) is 13.6. The SMILES string of the molecule is CC(C)Oc1ccc(NC(=NCc2cnn(C)c2)NCCc2ccco2)cc1. The summed E-state index contributed by atoms with van der Waals surface area (Å²) in [5.41, 5.74) is 1.99. The summed E-state index contributed by atoms with van der Waals surface area (Å²) in [5.74, 6) is 2.49. The van der Waals surface area contributed by atoms with Gasteiger partial charge in [-0.15, -0.1) is 0 Å². The van der Waals surface area contributed by atoms with Gasteiger partial charge in [-0.2, -0.15) is 5.10 Å². The van der Waals surface area contributed by atoms with E-state index in [0.717, 1.165) is 29.2 Å². The summed E-state index contributed by atoms with van der Waals surface area (Å²) >= 11 is 0. The molecule has 0 fully saturated rings. The average Bonchev–Trinajstić information content (AvgIpc) is 3.32. The van der Waals surface area contributed by atoms with Gasteiger partial charge in [0.05, 0.1) is 25.1 Å². The van der Waals surface area contributed by atoms with Gasteiger partial charge in [0.2, 0.25) is 0 Å². The molecular formula is C21H27N5O2. The topological polar surface area (TPSA) is 76.6 Å². The van der Waals surface area contributed by atoms with E-state index in [1.165, 1.54) is 0 Å². The van der Waals surface area contributed by atoms with E-state index in [4.69, 9.17) is 9.15 Å². The molecule has 0 aliphatic carbocycles. The summed E-state index contributed by atoms with van der Waals surface area (Å²) in [4.78, 5) is 4.67. The van der Waals surface area contributed by atoms with E-state index in [0.29, 0.717) is 19.0 Å². The van der Waals surface area contributed by atoms with Crippen molar-refractivity contribution in [2.24, 2.45) is 12.0 Å². The fraction of sp³-hybridized carbons (Fsp3) is 0.333. The van der Waals surface area contributed by atoms with Gasteiger partial charge in [0.15, 0.2) is 5.96 Å². The monoisotopic (exact) mass is 381 g/mol. The second-order valence-corrected chi connectivity index (χ2v) is 6.76. The quantitative estimate of drug-likeness (QED) is 0.461. The molecule has 7 nitrogen and oxygen atoms in total. The highest BCUT2D eigenvalue weighted by Gasteiger charge is 2.04. The Kier molecular flexibility index (Phi) is 6.73. The Bertz CT molecular complexity index is 867. The van der Waals surface area contributed by atoms with Crippen LogP contribution in [0.25, 0.3) is 0 Å². The standard InChI is InChI=1S/C21H27N5O2/c1-16(2)28-20-8-6-18(7-9-20)25-21(22-11-10-19-5-4-12-27-19)23-13-17-14-24-26(3)15-17/h4-9,12,14-16H,10-11,13H2,1-3H3,(H2,22,23,25). The number of furan rings is 1. The smallest absolute Gasteiger partial charge is 0.196 e. The number of anilines is 1. The lowest BCUT2D eigenvalue weighted by molar-refractivity contribution is 0.242. The number of benzene rings is 1. The van der Waals surface area contributed by atoms with E-state index in [1.807, 2.05) is 69.7 Å². The normalized spacial score (nSPS) is 11.6. The summed E-state index contributed by atoms with van der Waals surface area (Å²) in [7, 11) is 1.90. The van der Waals surface area contributed by atoms with Gasteiger partial charge in [0.25, 0.3) is 0 Å². The van der Waals surface area contributed by atoms with Crippen molar-refractivity contribution in [3.63, 3.8) is 0 Å². The molecule has 148 valence electrons. The van der Waals surface area contributed by atoms with Crippen LogP contribution in [0, 0.1) is 0 Å². The Hall–Kier alpha value is -3.22. The molecule has 0 atom stereocenters. The van der Waals surface area contributed by atoms with E-state index in [-0.39, 0.29) is 6.10 Å². The zero-order valence-electron chi connectivity index (χ0n) is 16.6. The van der Waals surface area contributed by atoms with E-state index in [2.05, 4.69) is 20.7 Å². The van der Waals surface area contributed by atoms with Gasteiger partial charge >= 0.3 is 0 Å². The Balaban J connectivity index is 1.63. The van der Waals surface area contributed by atoms with Crippen molar-refractivity contribution in [2.75, 3.05) is 11.9 Å². The number of rotatable bonds is 8. The second kappa shape index (κ2) is 9.64. The van der Waals surface area contributed by atoms with Crippen LogP contribution in [0.3, 0.4) is 0 Å². The zero-order valence-corrected chi connectivity index (χ0v) is 16.6. The van der Waals surface area contributed by atoms with Crippen molar-refractivity contribution in [2.45, 2.75) is 32.9 Å². The van der Waals surface area contributed by atoms with E-state index >= 15 is 0 Å². The highest BCUT2D eigenvalue weighted by atomic mass is 16.5. The summed E-state index contributed by atoms with van der Waals surface area (Å²) in [5, 5.41) is 10.9. The second-order valence-electron chi connectivity index (χ2n) is 6.76. The molecule has 7 heteroatoms. The number of ether oxygens (including phenoxy) is 1. The molecule has 0 saturated carbocycles. The van der Waals surface area contributed by atoms with Crippen LogP contribution in [-0.4, -0.2) is 28.4 Å². The molecule has 0 aliphatic rings.